The molecule has 30 heavy (non-hydrogen) atoms. The molecule has 2 N–H and O–H groups in total. The molecule has 0 saturated carbocycles. The summed E-state index contributed by atoms with van der Waals surface area (Å²) in [5.41, 5.74) is 0.843. The number of nitrogens with one attached hydrogen (secondary N) is 1. The van der Waals surface area contributed by atoms with E-state index in [0.717, 1.165) is 5.56 Å². The van der Waals surface area contributed by atoms with Crippen molar-refractivity contribution >= 4 is 5.91 Å². The number of carbonyl (C=O) groups excluding carboxylic acids is 1. The van der Waals surface area contributed by atoms with Crippen molar-refractivity contribution in [2.45, 2.75) is 43.9 Å². The summed E-state index contributed by atoms with van der Waals surface area (Å²) in [6.45, 7) is 1.59. The van der Waals surface area contributed by atoms with Crippen LogP contribution in [0.2, 0.25) is 0 Å². The lowest BCUT2D eigenvalue weighted by atomic mass is 9.95. The minimum Gasteiger partial charge on any atom is -0.497 e. The summed E-state index contributed by atoms with van der Waals surface area (Å²) in [6.07, 6.45) is -3.82. The zero-order chi connectivity index (χ0) is 21.1. The van der Waals surface area contributed by atoms with Crippen molar-refractivity contribution < 1.29 is 33.6 Å². The highest BCUT2D eigenvalue weighted by molar-refractivity contribution is 5.73. The standard InChI is InChI=1S/C22H25NO7/c1-13(24)23-18-19(25)20-17(12-27-21(30-20)14-6-4-3-5-7-14)29-22(18)28-16-10-8-15(26-2)9-11-16/h3-11,17-22,25H,12H2,1-2H3,(H,23,24)/t17-,18-,19-,20+,21+,22-/m1/s1. The molecule has 0 radical (unpaired) electrons. The first-order valence-electron chi connectivity index (χ1n) is 9.78. The maximum atomic E-state index is 11.8. The first-order chi connectivity index (χ1) is 14.5. The molecule has 4 rings (SSSR count). The lowest BCUT2D eigenvalue weighted by molar-refractivity contribution is -0.333. The number of methoxy groups -OCH3 is 1. The van der Waals surface area contributed by atoms with Crippen molar-refractivity contribution in [1.82, 2.24) is 5.32 Å². The molecule has 0 bridgehead atoms. The van der Waals surface area contributed by atoms with Crippen molar-refractivity contribution in [3.8, 4) is 11.5 Å². The molecule has 2 aromatic carbocycles. The fourth-order valence-corrected chi connectivity index (χ4v) is 3.65. The summed E-state index contributed by atoms with van der Waals surface area (Å²) in [6, 6.07) is 15.6. The minimum atomic E-state index is -1.05. The SMILES string of the molecule is COc1ccc(O[C@@H]2O[C@@H]3CO[C@H](c4ccccc4)O[C@@H]3[C@H](O)[C@H]2NC(C)=O)cc1. The van der Waals surface area contributed by atoms with Gasteiger partial charge in [-0.3, -0.25) is 4.79 Å². The Morgan fingerprint density at radius 1 is 1.07 bits per heavy atom. The van der Waals surface area contributed by atoms with Crippen LogP contribution in [-0.2, 0) is 19.0 Å². The van der Waals surface area contributed by atoms with Gasteiger partial charge >= 0.3 is 0 Å². The van der Waals surface area contributed by atoms with Crippen LogP contribution in [0.15, 0.2) is 54.6 Å². The van der Waals surface area contributed by atoms with E-state index in [-0.39, 0.29) is 12.5 Å². The van der Waals surface area contributed by atoms with E-state index in [1.165, 1.54) is 6.92 Å². The summed E-state index contributed by atoms with van der Waals surface area (Å²) in [5.74, 6) is 0.893. The number of carbonyl (C=O) groups is 1. The quantitative estimate of drug-likeness (QED) is 0.769. The topological polar surface area (TPSA) is 95.5 Å². The Kier molecular flexibility index (Phi) is 6.19. The molecule has 2 aromatic rings. The van der Waals surface area contributed by atoms with E-state index < -0.39 is 36.9 Å². The highest BCUT2D eigenvalue weighted by Gasteiger charge is 2.50. The number of amides is 1. The Morgan fingerprint density at radius 2 is 1.77 bits per heavy atom. The fourth-order valence-electron chi connectivity index (χ4n) is 3.65. The van der Waals surface area contributed by atoms with Crippen molar-refractivity contribution in [2.24, 2.45) is 0 Å². The lowest BCUT2D eigenvalue weighted by Crippen LogP contribution is -2.67. The molecular weight excluding hydrogens is 390 g/mol. The van der Waals surface area contributed by atoms with Crippen LogP contribution in [0.1, 0.15) is 18.8 Å². The highest BCUT2D eigenvalue weighted by atomic mass is 16.7. The molecule has 2 saturated heterocycles. The third kappa shape index (κ3) is 4.41. The average molecular weight is 415 g/mol. The molecule has 8 heteroatoms. The van der Waals surface area contributed by atoms with Crippen LogP contribution >= 0.6 is 0 Å². The van der Waals surface area contributed by atoms with E-state index in [2.05, 4.69) is 5.32 Å². The van der Waals surface area contributed by atoms with Crippen LogP contribution in [0.4, 0.5) is 0 Å². The second kappa shape index (κ2) is 9.01. The second-order valence-corrected chi connectivity index (χ2v) is 7.23. The molecule has 2 fully saturated rings. The fraction of sp³-hybridized carbons (Fsp3) is 0.409. The number of hydrogen-bond donors (Lipinski definition) is 2. The van der Waals surface area contributed by atoms with Crippen LogP contribution in [0.3, 0.4) is 0 Å². The van der Waals surface area contributed by atoms with Gasteiger partial charge in [-0.2, -0.15) is 0 Å². The largest absolute Gasteiger partial charge is 0.497 e. The molecule has 0 spiro atoms. The monoisotopic (exact) mass is 415 g/mol. The molecule has 160 valence electrons. The van der Waals surface area contributed by atoms with E-state index in [9.17, 15) is 9.90 Å². The Labute approximate surface area is 174 Å². The van der Waals surface area contributed by atoms with Gasteiger partial charge in [0.25, 0.3) is 0 Å². The molecular formula is C22H25NO7. The van der Waals surface area contributed by atoms with Gasteiger partial charge in [0.2, 0.25) is 12.2 Å². The Morgan fingerprint density at radius 3 is 2.43 bits per heavy atom. The average Bonchev–Trinajstić information content (AvgIpc) is 2.77. The van der Waals surface area contributed by atoms with Crippen LogP contribution in [-0.4, -0.2) is 55.4 Å². The van der Waals surface area contributed by atoms with Gasteiger partial charge in [-0.05, 0) is 24.3 Å². The minimum absolute atomic E-state index is 0.219. The maximum absolute atomic E-state index is 11.8. The van der Waals surface area contributed by atoms with Crippen LogP contribution in [0.25, 0.3) is 0 Å². The Balaban J connectivity index is 1.51. The van der Waals surface area contributed by atoms with Gasteiger partial charge in [0.1, 0.15) is 35.9 Å². The van der Waals surface area contributed by atoms with Gasteiger partial charge in [-0.15, -0.1) is 0 Å². The highest BCUT2D eigenvalue weighted by Crippen LogP contribution is 2.35. The summed E-state index contributed by atoms with van der Waals surface area (Å²) < 4.78 is 28.9. The third-order valence-corrected chi connectivity index (χ3v) is 5.12. The number of aliphatic hydroxyl groups excluding tert-OH is 1. The summed E-state index contributed by atoms with van der Waals surface area (Å²) in [4.78, 5) is 11.8. The zero-order valence-electron chi connectivity index (χ0n) is 16.8. The molecule has 0 aliphatic carbocycles. The normalized spacial score (nSPS) is 30.8. The van der Waals surface area contributed by atoms with E-state index in [0.29, 0.717) is 11.5 Å². The van der Waals surface area contributed by atoms with Crippen LogP contribution in [0, 0.1) is 0 Å². The Bertz CT molecular complexity index is 844. The van der Waals surface area contributed by atoms with E-state index in [1.54, 1.807) is 31.4 Å². The van der Waals surface area contributed by atoms with Gasteiger partial charge in [-0.1, -0.05) is 30.3 Å². The Hall–Kier alpha value is -2.65. The lowest BCUT2D eigenvalue weighted by Gasteiger charge is -2.47. The predicted octanol–water partition coefficient (Wildman–Crippen LogP) is 1.78. The summed E-state index contributed by atoms with van der Waals surface area (Å²) >= 11 is 0. The smallest absolute Gasteiger partial charge is 0.223 e. The van der Waals surface area contributed by atoms with Crippen molar-refractivity contribution in [2.75, 3.05) is 13.7 Å². The number of benzene rings is 2. The van der Waals surface area contributed by atoms with E-state index >= 15 is 0 Å². The van der Waals surface area contributed by atoms with Crippen molar-refractivity contribution in [3.63, 3.8) is 0 Å². The van der Waals surface area contributed by atoms with Gasteiger partial charge in [-0.25, -0.2) is 0 Å². The molecule has 0 unspecified atom stereocenters. The molecule has 2 heterocycles. The number of hydrogen-bond acceptors (Lipinski definition) is 7. The molecule has 0 aromatic heterocycles. The zero-order valence-corrected chi connectivity index (χ0v) is 16.8. The second-order valence-electron chi connectivity index (χ2n) is 7.23. The van der Waals surface area contributed by atoms with Crippen molar-refractivity contribution in [1.29, 1.82) is 0 Å². The first kappa shape index (κ1) is 20.6. The first-order valence-corrected chi connectivity index (χ1v) is 9.78. The summed E-state index contributed by atoms with van der Waals surface area (Å²) in [5, 5.41) is 13.8. The molecule has 8 nitrogen and oxygen atoms in total. The summed E-state index contributed by atoms with van der Waals surface area (Å²) in [7, 11) is 1.58. The van der Waals surface area contributed by atoms with E-state index in [4.69, 9.17) is 23.7 Å². The van der Waals surface area contributed by atoms with Gasteiger partial charge in [0.15, 0.2) is 6.29 Å². The van der Waals surface area contributed by atoms with E-state index in [1.807, 2.05) is 30.3 Å². The van der Waals surface area contributed by atoms with Crippen LogP contribution < -0.4 is 14.8 Å². The third-order valence-electron chi connectivity index (χ3n) is 5.12. The van der Waals surface area contributed by atoms with Gasteiger partial charge in [0, 0.05) is 12.5 Å². The molecule has 2 aliphatic rings. The maximum Gasteiger partial charge on any atom is 0.223 e. The number of ether oxygens (including phenoxy) is 5. The molecule has 1 amide bonds. The van der Waals surface area contributed by atoms with Gasteiger partial charge in [0.05, 0.1) is 13.7 Å². The molecule has 6 atom stereocenters. The van der Waals surface area contributed by atoms with Crippen LogP contribution in [0.5, 0.6) is 11.5 Å². The number of rotatable bonds is 5. The van der Waals surface area contributed by atoms with Crippen molar-refractivity contribution in [3.05, 3.63) is 60.2 Å². The predicted molar refractivity (Wildman–Crippen MR) is 106 cm³/mol. The molecule has 2 aliphatic heterocycles. The van der Waals surface area contributed by atoms with Gasteiger partial charge < -0.3 is 34.1 Å². The number of aliphatic hydroxyl groups is 1. The number of fused-ring (bicyclic) bond motifs is 1.